The summed E-state index contributed by atoms with van der Waals surface area (Å²) in [6.07, 6.45) is 0.769. The predicted molar refractivity (Wildman–Crippen MR) is 41.5 cm³/mol. The third-order valence-electron chi connectivity index (χ3n) is 0.988. The second-order valence-corrected chi connectivity index (χ2v) is 2.23. The molecule has 0 fully saturated rings. The Morgan fingerprint density at radius 2 is 2.00 bits per heavy atom. The van der Waals surface area contributed by atoms with Gasteiger partial charge in [-0.15, -0.1) is 0 Å². The molecule has 0 aliphatic carbocycles. The van der Waals surface area contributed by atoms with E-state index in [-0.39, 0.29) is 18.8 Å². The summed E-state index contributed by atoms with van der Waals surface area (Å²) < 4.78 is 4.40. The largest absolute Gasteiger partial charge is 0.455 e. The number of hydrogen-bond acceptors (Lipinski definition) is 4. The lowest BCUT2D eigenvalue weighted by Crippen LogP contribution is -2.14. The Bertz CT molecular complexity index is 217. The van der Waals surface area contributed by atoms with Crippen molar-refractivity contribution in [1.82, 2.24) is 0 Å². The standard InChI is InChI=1S/C8H10O4/c1-3-8(11)12-5-7(10)4-6(2)9/h3H,1,4-5H2,2H3. The molecule has 4 nitrogen and oxygen atoms in total. The van der Waals surface area contributed by atoms with Gasteiger partial charge in [0.2, 0.25) is 0 Å². The molecule has 66 valence electrons. The lowest BCUT2D eigenvalue weighted by atomic mass is 10.2. The maximum Gasteiger partial charge on any atom is 0.330 e. The zero-order chi connectivity index (χ0) is 9.56. The summed E-state index contributed by atoms with van der Waals surface area (Å²) in [5, 5.41) is 0. The molecule has 0 unspecified atom stereocenters. The van der Waals surface area contributed by atoms with Crippen molar-refractivity contribution in [3.63, 3.8) is 0 Å². The summed E-state index contributed by atoms with van der Waals surface area (Å²) in [5.41, 5.74) is 0. The molecular weight excluding hydrogens is 160 g/mol. The quantitative estimate of drug-likeness (QED) is 0.337. The third kappa shape index (κ3) is 5.34. The van der Waals surface area contributed by atoms with Crippen LogP contribution in [0.1, 0.15) is 13.3 Å². The number of hydrogen-bond donors (Lipinski definition) is 0. The Morgan fingerprint density at radius 1 is 1.42 bits per heavy atom. The van der Waals surface area contributed by atoms with Gasteiger partial charge in [0, 0.05) is 6.08 Å². The molecule has 0 aliphatic rings. The Balaban J connectivity index is 3.64. The summed E-state index contributed by atoms with van der Waals surface area (Å²) in [7, 11) is 0. The number of carbonyl (C=O) groups excluding carboxylic acids is 3. The molecule has 0 heterocycles. The molecule has 0 aromatic heterocycles. The van der Waals surface area contributed by atoms with Crippen LogP contribution < -0.4 is 0 Å². The molecule has 0 amide bonds. The molecule has 0 saturated heterocycles. The van der Waals surface area contributed by atoms with Crippen molar-refractivity contribution in [2.75, 3.05) is 6.61 Å². The van der Waals surface area contributed by atoms with Gasteiger partial charge in [0.05, 0.1) is 6.42 Å². The molecule has 0 aromatic carbocycles. The van der Waals surface area contributed by atoms with Crippen molar-refractivity contribution in [2.24, 2.45) is 0 Å². The van der Waals surface area contributed by atoms with Crippen molar-refractivity contribution in [3.8, 4) is 0 Å². The van der Waals surface area contributed by atoms with E-state index in [1.54, 1.807) is 0 Å². The zero-order valence-corrected chi connectivity index (χ0v) is 6.83. The fourth-order valence-corrected chi connectivity index (χ4v) is 0.539. The van der Waals surface area contributed by atoms with Gasteiger partial charge in [0.1, 0.15) is 5.78 Å². The van der Waals surface area contributed by atoms with Crippen LogP contribution in [0.3, 0.4) is 0 Å². The van der Waals surface area contributed by atoms with Gasteiger partial charge in [-0.25, -0.2) is 4.79 Å². The predicted octanol–water partition coefficient (Wildman–Crippen LogP) is 0.264. The van der Waals surface area contributed by atoms with E-state index in [9.17, 15) is 14.4 Å². The van der Waals surface area contributed by atoms with E-state index >= 15 is 0 Å². The number of rotatable bonds is 5. The maximum atomic E-state index is 10.7. The first-order valence-corrected chi connectivity index (χ1v) is 3.36. The summed E-state index contributed by atoms with van der Waals surface area (Å²) >= 11 is 0. The maximum absolute atomic E-state index is 10.7. The van der Waals surface area contributed by atoms with Crippen LogP contribution in [0.25, 0.3) is 0 Å². The first kappa shape index (κ1) is 10.6. The van der Waals surface area contributed by atoms with E-state index in [0.717, 1.165) is 6.08 Å². The molecule has 0 radical (unpaired) electrons. The zero-order valence-electron chi connectivity index (χ0n) is 6.83. The minimum atomic E-state index is -0.660. The molecule has 0 aromatic rings. The van der Waals surface area contributed by atoms with E-state index in [0.29, 0.717) is 0 Å². The Morgan fingerprint density at radius 3 is 2.42 bits per heavy atom. The van der Waals surface area contributed by atoms with Crippen molar-refractivity contribution in [2.45, 2.75) is 13.3 Å². The molecule has 0 rings (SSSR count). The Kier molecular flexibility index (Phi) is 4.60. The molecule has 12 heavy (non-hydrogen) atoms. The summed E-state index contributed by atoms with van der Waals surface area (Å²) in [6, 6.07) is 0. The van der Waals surface area contributed by atoms with Gasteiger partial charge < -0.3 is 4.74 Å². The van der Waals surface area contributed by atoms with E-state index in [2.05, 4.69) is 11.3 Å². The van der Waals surface area contributed by atoms with Gasteiger partial charge in [-0.3, -0.25) is 9.59 Å². The fourth-order valence-electron chi connectivity index (χ4n) is 0.539. The number of carbonyl (C=O) groups is 3. The van der Waals surface area contributed by atoms with Crippen LogP contribution in [-0.4, -0.2) is 24.1 Å². The lowest BCUT2D eigenvalue weighted by molar-refractivity contribution is -0.144. The second-order valence-electron chi connectivity index (χ2n) is 2.23. The van der Waals surface area contributed by atoms with Crippen LogP contribution in [0.4, 0.5) is 0 Å². The minimum absolute atomic E-state index is 0.190. The van der Waals surface area contributed by atoms with E-state index in [1.165, 1.54) is 6.92 Å². The van der Waals surface area contributed by atoms with Crippen LogP contribution >= 0.6 is 0 Å². The monoisotopic (exact) mass is 170 g/mol. The lowest BCUT2D eigenvalue weighted by Gasteiger charge is -1.98. The second kappa shape index (κ2) is 5.23. The number of Topliss-reactive ketones (excluding diaryl/α,β-unsaturated/α-hetero) is 2. The minimum Gasteiger partial charge on any atom is -0.455 e. The molecule has 0 saturated carbocycles. The third-order valence-corrected chi connectivity index (χ3v) is 0.988. The summed E-state index contributed by atoms with van der Waals surface area (Å²) in [6.45, 7) is 4.09. The van der Waals surface area contributed by atoms with Gasteiger partial charge in [0.15, 0.2) is 12.4 Å². The summed E-state index contributed by atoms with van der Waals surface area (Å²) in [5.74, 6) is -1.31. The van der Waals surface area contributed by atoms with Gasteiger partial charge in [-0.1, -0.05) is 6.58 Å². The molecule has 0 bridgehead atoms. The van der Waals surface area contributed by atoms with E-state index in [4.69, 9.17) is 0 Å². The van der Waals surface area contributed by atoms with Crippen LogP contribution in [0.5, 0.6) is 0 Å². The van der Waals surface area contributed by atoms with Crippen molar-refractivity contribution >= 4 is 17.5 Å². The van der Waals surface area contributed by atoms with Gasteiger partial charge in [-0.2, -0.15) is 0 Å². The van der Waals surface area contributed by atoms with Gasteiger partial charge in [-0.05, 0) is 6.92 Å². The smallest absolute Gasteiger partial charge is 0.330 e. The molecule has 0 aliphatic heterocycles. The van der Waals surface area contributed by atoms with Crippen molar-refractivity contribution < 1.29 is 19.1 Å². The van der Waals surface area contributed by atoms with E-state index < -0.39 is 11.8 Å². The number of ether oxygens (including phenoxy) is 1. The first-order chi connectivity index (χ1) is 5.56. The highest BCUT2D eigenvalue weighted by Gasteiger charge is 2.06. The fraction of sp³-hybridized carbons (Fsp3) is 0.375. The average molecular weight is 170 g/mol. The first-order valence-electron chi connectivity index (χ1n) is 3.36. The molecule has 0 N–H and O–H groups in total. The van der Waals surface area contributed by atoms with E-state index in [1.807, 2.05) is 0 Å². The van der Waals surface area contributed by atoms with Crippen molar-refractivity contribution in [3.05, 3.63) is 12.7 Å². The van der Waals surface area contributed by atoms with Crippen LogP contribution in [0.2, 0.25) is 0 Å². The normalized spacial score (nSPS) is 8.75. The van der Waals surface area contributed by atoms with Crippen LogP contribution in [0.15, 0.2) is 12.7 Å². The molecule has 0 spiro atoms. The van der Waals surface area contributed by atoms with Crippen molar-refractivity contribution in [1.29, 1.82) is 0 Å². The average Bonchev–Trinajstić information content (AvgIpc) is 1.99. The highest BCUT2D eigenvalue weighted by atomic mass is 16.5. The SMILES string of the molecule is C=CC(=O)OCC(=O)CC(C)=O. The molecule has 4 heteroatoms. The Hall–Kier alpha value is -1.45. The summed E-state index contributed by atoms with van der Waals surface area (Å²) in [4.78, 5) is 31.6. The van der Waals surface area contributed by atoms with Crippen LogP contribution in [-0.2, 0) is 19.1 Å². The highest BCUT2D eigenvalue weighted by Crippen LogP contribution is 1.87. The number of esters is 1. The molecule has 0 atom stereocenters. The Labute approximate surface area is 70.2 Å². The van der Waals surface area contributed by atoms with Crippen LogP contribution in [0, 0.1) is 0 Å². The van der Waals surface area contributed by atoms with Gasteiger partial charge >= 0.3 is 5.97 Å². The highest BCUT2D eigenvalue weighted by molar-refractivity contribution is 5.99. The van der Waals surface area contributed by atoms with Gasteiger partial charge in [0.25, 0.3) is 0 Å². The molecular formula is C8H10O4. The topological polar surface area (TPSA) is 60.4 Å². The number of ketones is 2.